The summed E-state index contributed by atoms with van der Waals surface area (Å²) >= 11 is 6.00. The molecule has 25 heavy (non-hydrogen) atoms. The van der Waals surface area contributed by atoms with E-state index in [9.17, 15) is 19.2 Å². The normalized spacial score (nSPS) is 14.1. The van der Waals surface area contributed by atoms with E-state index in [1.54, 1.807) is 13.0 Å². The Labute approximate surface area is 149 Å². The third-order valence-corrected chi connectivity index (χ3v) is 3.91. The summed E-state index contributed by atoms with van der Waals surface area (Å²) in [4.78, 5) is 49.2. The average Bonchev–Trinajstić information content (AvgIpc) is 2.76. The zero-order chi connectivity index (χ0) is 18.7. The molecule has 0 bridgehead atoms. The van der Waals surface area contributed by atoms with Gasteiger partial charge in [0, 0.05) is 17.6 Å². The van der Waals surface area contributed by atoms with Crippen molar-refractivity contribution in [1.29, 1.82) is 0 Å². The van der Waals surface area contributed by atoms with Gasteiger partial charge >= 0.3 is 17.8 Å². The van der Waals surface area contributed by atoms with Gasteiger partial charge in [-0.15, -0.1) is 6.58 Å². The minimum absolute atomic E-state index is 0.105. The van der Waals surface area contributed by atoms with Crippen LogP contribution in [0.3, 0.4) is 0 Å². The lowest BCUT2D eigenvalue weighted by molar-refractivity contribution is -0.143. The van der Waals surface area contributed by atoms with Crippen molar-refractivity contribution in [3.63, 3.8) is 0 Å². The first-order valence-electron chi connectivity index (χ1n) is 7.22. The molecule has 1 heterocycles. The number of nitrogens with one attached hydrogen (secondary N) is 1. The van der Waals surface area contributed by atoms with Crippen LogP contribution in [0.1, 0.15) is 5.56 Å². The van der Waals surface area contributed by atoms with Crippen LogP contribution in [-0.4, -0.2) is 53.8 Å². The molecule has 1 aliphatic heterocycles. The van der Waals surface area contributed by atoms with E-state index in [4.69, 9.17) is 16.3 Å². The van der Waals surface area contributed by atoms with Gasteiger partial charge in [0.05, 0.1) is 12.8 Å². The quantitative estimate of drug-likeness (QED) is 0.469. The molecule has 2 rings (SSSR count). The summed E-state index contributed by atoms with van der Waals surface area (Å²) in [5.74, 6) is -2.37. The maximum absolute atomic E-state index is 12.2. The summed E-state index contributed by atoms with van der Waals surface area (Å²) < 4.78 is 5.14. The number of methoxy groups -OCH3 is 1. The van der Waals surface area contributed by atoms with Crippen molar-refractivity contribution in [2.45, 2.75) is 6.92 Å². The first kappa shape index (κ1) is 18.5. The van der Waals surface area contributed by atoms with E-state index in [2.05, 4.69) is 11.9 Å². The Hall–Kier alpha value is -2.87. The van der Waals surface area contributed by atoms with Gasteiger partial charge < -0.3 is 10.1 Å². The average molecular weight is 366 g/mol. The second-order valence-corrected chi connectivity index (χ2v) is 5.64. The Kier molecular flexibility index (Phi) is 5.43. The van der Waals surface area contributed by atoms with Crippen molar-refractivity contribution < 1.29 is 23.9 Å². The number of ether oxygens (including phenoxy) is 1. The van der Waals surface area contributed by atoms with Gasteiger partial charge in [-0.1, -0.05) is 17.7 Å². The fourth-order valence-corrected chi connectivity index (χ4v) is 2.40. The van der Waals surface area contributed by atoms with Crippen molar-refractivity contribution in [2.75, 3.05) is 25.5 Å². The molecule has 0 saturated carbocycles. The lowest BCUT2D eigenvalue weighted by Crippen LogP contribution is -2.39. The van der Waals surface area contributed by atoms with E-state index in [1.807, 2.05) is 0 Å². The number of halogens is 1. The van der Waals surface area contributed by atoms with E-state index in [1.165, 1.54) is 19.3 Å². The van der Waals surface area contributed by atoms with Gasteiger partial charge in [-0.25, -0.2) is 9.69 Å². The maximum atomic E-state index is 12.2. The van der Waals surface area contributed by atoms with Gasteiger partial charge in [0.25, 0.3) is 0 Å². The van der Waals surface area contributed by atoms with Crippen LogP contribution in [0.25, 0.3) is 0 Å². The Morgan fingerprint density at radius 3 is 2.52 bits per heavy atom. The van der Waals surface area contributed by atoms with E-state index >= 15 is 0 Å². The van der Waals surface area contributed by atoms with Crippen molar-refractivity contribution in [1.82, 2.24) is 9.80 Å². The highest BCUT2D eigenvalue weighted by Crippen LogP contribution is 2.31. The highest BCUT2D eigenvalue weighted by molar-refractivity contribution is 6.45. The predicted molar refractivity (Wildman–Crippen MR) is 90.4 cm³/mol. The molecule has 1 fully saturated rings. The van der Waals surface area contributed by atoms with Gasteiger partial charge in [-0.05, 0) is 18.6 Å². The molecule has 1 aliphatic rings. The lowest BCUT2D eigenvalue weighted by Gasteiger charge is -2.16. The zero-order valence-electron chi connectivity index (χ0n) is 13.7. The molecular weight excluding hydrogens is 350 g/mol. The highest BCUT2D eigenvalue weighted by atomic mass is 35.5. The van der Waals surface area contributed by atoms with Crippen LogP contribution in [0.5, 0.6) is 5.75 Å². The van der Waals surface area contributed by atoms with E-state index in [0.29, 0.717) is 26.9 Å². The summed E-state index contributed by atoms with van der Waals surface area (Å²) in [5, 5.41) is 3.00. The smallest absolute Gasteiger partial charge is 0.335 e. The maximum Gasteiger partial charge on any atom is 0.335 e. The molecular formula is C16H16ClN3O5. The number of imide groups is 2. The fourth-order valence-electron chi connectivity index (χ4n) is 2.24. The Bertz CT molecular complexity index is 777. The molecule has 0 atom stereocenters. The summed E-state index contributed by atoms with van der Waals surface area (Å²) in [6.45, 7) is 4.46. The first-order valence-corrected chi connectivity index (χ1v) is 7.60. The van der Waals surface area contributed by atoms with Gasteiger partial charge in [0.15, 0.2) is 0 Å². The van der Waals surface area contributed by atoms with Crippen LogP contribution < -0.4 is 10.1 Å². The van der Waals surface area contributed by atoms with Crippen molar-refractivity contribution >= 4 is 41.0 Å². The lowest BCUT2D eigenvalue weighted by atomic mass is 10.2. The Morgan fingerprint density at radius 1 is 1.28 bits per heavy atom. The number of anilines is 1. The number of hydrogen-bond donors (Lipinski definition) is 1. The zero-order valence-corrected chi connectivity index (χ0v) is 14.4. The molecule has 0 radical (unpaired) electrons. The summed E-state index contributed by atoms with van der Waals surface area (Å²) in [7, 11) is 1.41. The molecule has 1 aromatic carbocycles. The molecule has 8 nitrogen and oxygen atoms in total. The standard InChI is InChI=1S/C16H16ClN3O5/c1-4-5-19-14(22)15(23)20(16(19)24)8-13(21)18-11-6-9(2)10(17)7-12(11)25-3/h4,6-7H,1,5,8H2,2-3H3,(H,18,21). The second-order valence-electron chi connectivity index (χ2n) is 5.23. The van der Waals surface area contributed by atoms with Crippen LogP contribution in [0.2, 0.25) is 5.02 Å². The topological polar surface area (TPSA) is 96.0 Å². The predicted octanol–water partition coefficient (Wildman–Crippen LogP) is 1.57. The van der Waals surface area contributed by atoms with Gasteiger partial charge in [0.2, 0.25) is 5.91 Å². The molecule has 1 aromatic rings. The van der Waals surface area contributed by atoms with E-state index in [-0.39, 0.29) is 6.54 Å². The molecule has 9 heteroatoms. The largest absolute Gasteiger partial charge is 0.495 e. The molecule has 0 unspecified atom stereocenters. The molecule has 132 valence electrons. The minimum atomic E-state index is -1.05. The van der Waals surface area contributed by atoms with Crippen LogP contribution in [0.4, 0.5) is 10.5 Å². The SMILES string of the molecule is C=CCN1C(=O)C(=O)N(CC(=O)Nc2cc(C)c(Cl)cc2OC)C1=O. The monoisotopic (exact) mass is 365 g/mol. The number of rotatable bonds is 6. The molecule has 1 N–H and O–H groups in total. The van der Waals surface area contributed by atoms with Crippen molar-refractivity contribution in [2.24, 2.45) is 0 Å². The van der Waals surface area contributed by atoms with E-state index < -0.39 is 30.3 Å². The minimum Gasteiger partial charge on any atom is -0.495 e. The molecule has 5 amide bonds. The molecule has 0 spiro atoms. The number of carbonyl (C=O) groups is 4. The number of benzene rings is 1. The Morgan fingerprint density at radius 2 is 1.92 bits per heavy atom. The van der Waals surface area contributed by atoms with Crippen molar-refractivity contribution in [3.05, 3.63) is 35.4 Å². The number of nitrogens with zero attached hydrogens (tertiary/aromatic N) is 2. The molecule has 0 aliphatic carbocycles. The number of amides is 5. The van der Waals surface area contributed by atoms with E-state index in [0.717, 1.165) is 4.90 Å². The summed E-state index contributed by atoms with van der Waals surface area (Å²) in [5.41, 5.74) is 1.04. The molecule has 1 saturated heterocycles. The van der Waals surface area contributed by atoms with Crippen LogP contribution in [0.15, 0.2) is 24.8 Å². The highest BCUT2D eigenvalue weighted by Gasteiger charge is 2.44. The second kappa shape index (κ2) is 7.35. The Balaban J connectivity index is 2.14. The first-order chi connectivity index (χ1) is 11.8. The summed E-state index contributed by atoms with van der Waals surface area (Å²) in [6, 6.07) is 2.28. The number of carbonyl (C=O) groups excluding carboxylic acids is 4. The van der Waals surface area contributed by atoms with Gasteiger partial charge in [-0.3, -0.25) is 19.3 Å². The van der Waals surface area contributed by atoms with Crippen LogP contribution in [-0.2, 0) is 14.4 Å². The van der Waals surface area contributed by atoms with Gasteiger partial charge in [0.1, 0.15) is 12.3 Å². The number of aryl methyl sites for hydroxylation is 1. The number of urea groups is 1. The van der Waals surface area contributed by atoms with Crippen molar-refractivity contribution in [3.8, 4) is 5.75 Å². The van der Waals surface area contributed by atoms with Crippen LogP contribution >= 0.6 is 11.6 Å². The fraction of sp³-hybridized carbons (Fsp3) is 0.250. The number of hydrogen-bond acceptors (Lipinski definition) is 5. The third-order valence-electron chi connectivity index (χ3n) is 3.50. The third kappa shape index (κ3) is 3.63. The summed E-state index contributed by atoms with van der Waals surface area (Å²) in [6.07, 6.45) is 1.31. The molecule has 0 aromatic heterocycles. The van der Waals surface area contributed by atoms with Crippen LogP contribution in [0, 0.1) is 6.92 Å². The van der Waals surface area contributed by atoms with Gasteiger partial charge in [-0.2, -0.15) is 0 Å².